The van der Waals surface area contributed by atoms with Crippen molar-refractivity contribution in [2.45, 2.75) is 43.7 Å². The number of carbonyl (C=O) groups is 1. The molecule has 1 aromatic carbocycles. The summed E-state index contributed by atoms with van der Waals surface area (Å²) in [5.41, 5.74) is 1.89. The van der Waals surface area contributed by atoms with Gasteiger partial charge in [-0.1, -0.05) is 18.2 Å². The monoisotopic (exact) mass is 368 g/mol. The molecular formula is C21H24N2O2S. The van der Waals surface area contributed by atoms with Crippen LogP contribution in [0.25, 0.3) is 0 Å². The molecule has 0 bridgehead atoms. The van der Waals surface area contributed by atoms with Gasteiger partial charge in [0, 0.05) is 28.6 Å². The van der Waals surface area contributed by atoms with Crippen LogP contribution in [-0.2, 0) is 21.5 Å². The summed E-state index contributed by atoms with van der Waals surface area (Å²) in [6, 6.07) is 12.7. The number of para-hydroxylation sites is 1. The zero-order chi connectivity index (χ0) is 17.6. The number of carbonyl (C=O) groups excluding carboxylic acids is 1. The lowest BCUT2D eigenvalue weighted by Gasteiger charge is -2.37. The molecule has 26 heavy (non-hydrogen) atoms. The van der Waals surface area contributed by atoms with Crippen molar-refractivity contribution < 1.29 is 9.53 Å². The SMILES string of the molecule is O=C1Nc2ccccc2C12CCN(Cc1ccc([C@H]3CCCO3)s1)CC2. The second-order valence-corrected chi connectivity index (χ2v) is 8.86. The number of anilines is 1. The van der Waals surface area contributed by atoms with Crippen molar-refractivity contribution in [1.29, 1.82) is 0 Å². The first-order chi connectivity index (χ1) is 12.7. The van der Waals surface area contributed by atoms with Crippen molar-refractivity contribution in [3.8, 4) is 0 Å². The molecule has 1 N–H and O–H groups in total. The summed E-state index contributed by atoms with van der Waals surface area (Å²) < 4.78 is 5.80. The highest BCUT2D eigenvalue weighted by Gasteiger charge is 2.48. The van der Waals surface area contributed by atoms with Gasteiger partial charge < -0.3 is 10.1 Å². The molecule has 3 aliphatic heterocycles. The molecule has 0 unspecified atom stereocenters. The Morgan fingerprint density at radius 2 is 2.04 bits per heavy atom. The Morgan fingerprint density at radius 3 is 2.85 bits per heavy atom. The predicted octanol–water partition coefficient (Wildman–Crippen LogP) is 4.09. The van der Waals surface area contributed by atoms with Crippen molar-refractivity contribution >= 4 is 22.9 Å². The fraction of sp³-hybridized carbons (Fsp3) is 0.476. The Labute approximate surface area is 158 Å². The van der Waals surface area contributed by atoms with Crippen molar-refractivity contribution in [1.82, 2.24) is 4.90 Å². The summed E-state index contributed by atoms with van der Waals surface area (Å²) in [5.74, 6) is 0.190. The highest BCUT2D eigenvalue weighted by atomic mass is 32.1. The summed E-state index contributed by atoms with van der Waals surface area (Å²) in [7, 11) is 0. The molecule has 1 aromatic heterocycles. The first-order valence-corrected chi connectivity index (χ1v) is 10.4. The van der Waals surface area contributed by atoms with E-state index in [-0.39, 0.29) is 11.3 Å². The summed E-state index contributed by atoms with van der Waals surface area (Å²) >= 11 is 1.89. The van der Waals surface area contributed by atoms with E-state index in [1.165, 1.54) is 21.7 Å². The number of fused-ring (bicyclic) bond motifs is 2. The van der Waals surface area contributed by atoms with Gasteiger partial charge >= 0.3 is 0 Å². The molecule has 2 aromatic rings. The Morgan fingerprint density at radius 1 is 1.19 bits per heavy atom. The number of nitrogens with zero attached hydrogens (tertiary/aromatic N) is 1. The third kappa shape index (κ3) is 2.70. The van der Waals surface area contributed by atoms with Crippen LogP contribution in [-0.4, -0.2) is 30.5 Å². The molecule has 0 radical (unpaired) electrons. The first-order valence-electron chi connectivity index (χ1n) is 9.58. The number of hydrogen-bond acceptors (Lipinski definition) is 4. The predicted molar refractivity (Wildman–Crippen MR) is 104 cm³/mol. The second kappa shape index (κ2) is 6.48. The minimum Gasteiger partial charge on any atom is -0.373 e. The zero-order valence-electron chi connectivity index (χ0n) is 14.9. The van der Waals surface area contributed by atoms with E-state index in [1.54, 1.807) is 0 Å². The molecule has 0 aliphatic carbocycles. The van der Waals surface area contributed by atoms with Gasteiger partial charge in [-0.25, -0.2) is 0 Å². The van der Waals surface area contributed by atoms with Gasteiger partial charge in [0.1, 0.15) is 0 Å². The average Bonchev–Trinajstić information content (AvgIpc) is 3.38. The highest BCUT2D eigenvalue weighted by molar-refractivity contribution is 7.12. The zero-order valence-corrected chi connectivity index (χ0v) is 15.7. The number of hydrogen-bond donors (Lipinski definition) is 1. The van der Waals surface area contributed by atoms with Gasteiger partial charge in [-0.3, -0.25) is 9.69 Å². The van der Waals surface area contributed by atoms with Gasteiger partial charge in [-0.15, -0.1) is 11.3 Å². The van der Waals surface area contributed by atoms with Gasteiger partial charge in [-0.2, -0.15) is 0 Å². The third-order valence-electron chi connectivity index (χ3n) is 6.14. The van der Waals surface area contributed by atoms with Crippen LogP contribution in [0.1, 0.15) is 47.1 Å². The van der Waals surface area contributed by atoms with Gasteiger partial charge in [0.25, 0.3) is 0 Å². The maximum Gasteiger partial charge on any atom is 0.235 e. The minimum atomic E-state index is -0.314. The van der Waals surface area contributed by atoms with Gasteiger partial charge in [0.05, 0.1) is 11.5 Å². The van der Waals surface area contributed by atoms with E-state index in [4.69, 9.17) is 4.74 Å². The fourth-order valence-electron chi connectivity index (χ4n) is 4.64. The number of likely N-dealkylation sites (tertiary alicyclic amines) is 1. The molecule has 1 amide bonds. The van der Waals surface area contributed by atoms with Crippen LogP contribution in [0.4, 0.5) is 5.69 Å². The number of benzene rings is 1. The van der Waals surface area contributed by atoms with Crippen LogP contribution in [0.15, 0.2) is 36.4 Å². The largest absolute Gasteiger partial charge is 0.373 e. The molecule has 2 fully saturated rings. The highest BCUT2D eigenvalue weighted by Crippen LogP contribution is 2.45. The number of ether oxygens (including phenoxy) is 1. The van der Waals surface area contributed by atoms with Gasteiger partial charge in [0.2, 0.25) is 5.91 Å². The van der Waals surface area contributed by atoms with Crippen LogP contribution in [0.2, 0.25) is 0 Å². The normalized spacial score (nSPS) is 24.8. The lowest BCUT2D eigenvalue weighted by atomic mass is 9.73. The molecule has 2 saturated heterocycles. The van der Waals surface area contributed by atoms with Gasteiger partial charge in [0.15, 0.2) is 0 Å². The third-order valence-corrected chi connectivity index (χ3v) is 7.31. The number of thiophene rings is 1. The Hall–Kier alpha value is -1.69. The number of nitrogens with one attached hydrogen (secondary N) is 1. The van der Waals surface area contributed by atoms with E-state index >= 15 is 0 Å². The summed E-state index contributed by atoms with van der Waals surface area (Å²) in [4.78, 5) is 17.9. The smallest absolute Gasteiger partial charge is 0.235 e. The summed E-state index contributed by atoms with van der Waals surface area (Å²) in [6.45, 7) is 3.82. The van der Waals surface area contributed by atoms with E-state index in [0.717, 1.165) is 51.2 Å². The van der Waals surface area contributed by atoms with Crippen LogP contribution in [0.5, 0.6) is 0 Å². The maximum atomic E-state index is 12.7. The van der Waals surface area contributed by atoms with Crippen LogP contribution < -0.4 is 5.32 Å². The van der Waals surface area contributed by atoms with Crippen molar-refractivity contribution in [2.75, 3.05) is 25.0 Å². The van der Waals surface area contributed by atoms with Crippen molar-refractivity contribution in [3.63, 3.8) is 0 Å². The van der Waals surface area contributed by atoms with Crippen molar-refractivity contribution in [3.05, 3.63) is 51.7 Å². The second-order valence-electron chi connectivity index (χ2n) is 7.66. The Kier molecular flexibility index (Phi) is 4.11. The van der Waals surface area contributed by atoms with E-state index in [0.29, 0.717) is 6.10 Å². The molecule has 4 heterocycles. The topological polar surface area (TPSA) is 41.6 Å². The lowest BCUT2D eigenvalue weighted by molar-refractivity contribution is -0.122. The number of rotatable bonds is 3. The molecule has 0 saturated carbocycles. The fourth-order valence-corrected chi connectivity index (χ4v) is 5.78. The summed E-state index contributed by atoms with van der Waals surface area (Å²) in [5, 5.41) is 3.09. The average molecular weight is 369 g/mol. The van der Waals surface area contributed by atoms with Crippen molar-refractivity contribution in [2.24, 2.45) is 0 Å². The molecule has 1 spiro atoms. The molecule has 136 valence electrons. The van der Waals surface area contributed by atoms with E-state index in [1.807, 2.05) is 29.5 Å². The van der Waals surface area contributed by atoms with Crippen LogP contribution in [0, 0.1) is 0 Å². The van der Waals surface area contributed by atoms with E-state index < -0.39 is 0 Å². The van der Waals surface area contributed by atoms with Crippen LogP contribution in [0.3, 0.4) is 0 Å². The van der Waals surface area contributed by atoms with Crippen LogP contribution >= 0.6 is 11.3 Å². The van der Waals surface area contributed by atoms with E-state index in [9.17, 15) is 4.79 Å². The molecule has 1 atom stereocenters. The summed E-state index contributed by atoms with van der Waals surface area (Å²) in [6.07, 6.45) is 4.45. The first kappa shape index (κ1) is 16.5. The number of piperidine rings is 1. The minimum absolute atomic E-state index is 0.190. The van der Waals surface area contributed by atoms with Gasteiger partial charge in [-0.05, 0) is 62.5 Å². The Bertz CT molecular complexity index is 817. The van der Waals surface area contributed by atoms with E-state index in [2.05, 4.69) is 28.4 Å². The molecule has 3 aliphatic rings. The number of amides is 1. The maximum absolute atomic E-state index is 12.7. The molecular weight excluding hydrogens is 344 g/mol. The molecule has 5 rings (SSSR count). The molecule has 5 heteroatoms. The molecule has 4 nitrogen and oxygen atoms in total. The lowest BCUT2D eigenvalue weighted by Crippen LogP contribution is -2.46. The standard InChI is InChI=1S/C21H24N2O2S/c24-20-21(16-4-1-2-5-17(16)22-20)9-11-23(12-10-21)14-15-7-8-19(26-15)18-6-3-13-25-18/h1-2,4-5,7-8,18H,3,6,9-14H2,(H,22,24)/t18-/m1/s1. The Balaban J connectivity index is 1.26. The quantitative estimate of drug-likeness (QED) is 0.887.